The van der Waals surface area contributed by atoms with Gasteiger partial charge < -0.3 is 20.1 Å². The highest BCUT2D eigenvalue weighted by molar-refractivity contribution is 6.33. The van der Waals surface area contributed by atoms with Crippen LogP contribution in [0.15, 0.2) is 23.0 Å². The van der Waals surface area contributed by atoms with Crippen molar-refractivity contribution >= 4 is 28.3 Å². The average Bonchev–Trinajstić information content (AvgIpc) is 2.63. The number of phenols is 2. The molecule has 2 aromatic rings. The van der Waals surface area contributed by atoms with Gasteiger partial charge in [-0.3, -0.25) is 4.79 Å². The molecular formula is C16H15ClO6. The maximum atomic E-state index is 12.0. The van der Waals surface area contributed by atoms with Crippen LogP contribution in [0.25, 0.3) is 10.8 Å². The average molecular weight is 339 g/mol. The summed E-state index contributed by atoms with van der Waals surface area (Å²) in [5, 5.41) is 29.1. The summed E-state index contributed by atoms with van der Waals surface area (Å²) in [4.78, 5) is 24.0. The number of ether oxygens (including phenoxy) is 1. The van der Waals surface area contributed by atoms with Crippen molar-refractivity contribution in [2.24, 2.45) is 0 Å². The smallest absolute Gasteiger partial charge is 0.338 e. The zero-order chi connectivity index (χ0) is 17.1. The first-order chi connectivity index (χ1) is 10.9. The van der Waals surface area contributed by atoms with Gasteiger partial charge in [0, 0.05) is 6.07 Å². The number of fused-ring (bicyclic) bond motifs is 1. The van der Waals surface area contributed by atoms with Crippen molar-refractivity contribution in [1.29, 1.82) is 0 Å². The van der Waals surface area contributed by atoms with Crippen LogP contribution in [0.2, 0.25) is 5.02 Å². The maximum absolute atomic E-state index is 12.0. The summed E-state index contributed by atoms with van der Waals surface area (Å²) in [6.07, 6.45) is 1.52. The number of phenolic OH excluding ortho intramolecular Hbond substituents is 2. The standard InChI is InChI=1S/C16H15ClO6/c1-2-3-4-23-16(22)9-5-8-6-10(17)13(19)15(21)12(8)14(20)11(18)7-9/h5-7,19,21H,2-4H2,1H3,(H,18,20). The van der Waals surface area contributed by atoms with E-state index in [4.69, 9.17) is 16.3 Å². The van der Waals surface area contributed by atoms with Gasteiger partial charge in [-0.05, 0) is 23.9 Å². The summed E-state index contributed by atoms with van der Waals surface area (Å²) in [6.45, 7) is 2.15. The lowest BCUT2D eigenvalue weighted by atomic mass is 10.1. The molecule has 0 aliphatic heterocycles. The molecule has 0 radical (unpaired) electrons. The van der Waals surface area contributed by atoms with Crippen molar-refractivity contribution in [3.05, 3.63) is 39.0 Å². The third kappa shape index (κ3) is 3.32. The normalized spacial score (nSPS) is 10.7. The molecule has 0 amide bonds. The van der Waals surface area contributed by atoms with Crippen LogP contribution in [0, 0.1) is 0 Å². The second-order valence-corrected chi connectivity index (χ2v) is 5.37. The zero-order valence-electron chi connectivity index (χ0n) is 12.3. The Morgan fingerprint density at radius 1 is 1.13 bits per heavy atom. The molecule has 7 heteroatoms. The van der Waals surface area contributed by atoms with Gasteiger partial charge in [-0.1, -0.05) is 24.9 Å². The van der Waals surface area contributed by atoms with Crippen LogP contribution >= 0.6 is 11.6 Å². The molecule has 2 rings (SSSR count). The fourth-order valence-corrected chi connectivity index (χ4v) is 2.27. The second-order valence-electron chi connectivity index (χ2n) is 4.97. The molecule has 0 atom stereocenters. The van der Waals surface area contributed by atoms with Gasteiger partial charge in [-0.25, -0.2) is 4.79 Å². The Morgan fingerprint density at radius 3 is 2.48 bits per heavy atom. The highest BCUT2D eigenvalue weighted by Crippen LogP contribution is 2.42. The van der Waals surface area contributed by atoms with E-state index in [9.17, 15) is 24.9 Å². The molecule has 0 aliphatic rings. The summed E-state index contributed by atoms with van der Waals surface area (Å²) in [7, 11) is 0. The summed E-state index contributed by atoms with van der Waals surface area (Å²) in [5.41, 5.74) is -0.975. The Labute approximate surface area is 136 Å². The van der Waals surface area contributed by atoms with Crippen LogP contribution in [0.3, 0.4) is 0 Å². The summed E-state index contributed by atoms with van der Waals surface area (Å²) < 4.78 is 5.03. The lowest BCUT2D eigenvalue weighted by Gasteiger charge is -2.05. The molecule has 0 saturated carbocycles. The Bertz CT molecular complexity index is 831. The Morgan fingerprint density at radius 2 is 1.83 bits per heavy atom. The van der Waals surface area contributed by atoms with Crippen molar-refractivity contribution in [3.8, 4) is 17.2 Å². The maximum Gasteiger partial charge on any atom is 0.338 e. The van der Waals surface area contributed by atoms with Crippen LogP contribution < -0.4 is 5.43 Å². The van der Waals surface area contributed by atoms with E-state index in [-0.39, 0.29) is 28.0 Å². The Kier molecular flexibility index (Phi) is 4.95. The molecule has 0 aliphatic carbocycles. The summed E-state index contributed by atoms with van der Waals surface area (Å²) in [6, 6.07) is 3.40. The second kappa shape index (κ2) is 6.75. The molecule has 122 valence electrons. The molecule has 23 heavy (non-hydrogen) atoms. The van der Waals surface area contributed by atoms with Gasteiger partial charge >= 0.3 is 5.97 Å². The van der Waals surface area contributed by atoms with E-state index in [1.165, 1.54) is 12.1 Å². The lowest BCUT2D eigenvalue weighted by molar-refractivity contribution is 0.0500. The van der Waals surface area contributed by atoms with Crippen LogP contribution in [0.1, 0.15) is 30.1 Å². The van der Waals surface area contributed by atoms with Crippen LogP contribution in [0.4, 0.5) is 0 Å². The molecule has 3 N–H and O–H groups in total. The Hall–Kier alpha value is -2.47. The van der Waals surface area contributed by atoms with E-state index < -0.39 is 28.6 Å². The minimum atomic E-state index is -0.889. The van der Waals surface area contributed by atoms with E-state index in [0.717, 1.165) is 12.5 Å². The number of hydrogen-bond donors (Lipinski definition) is 3. The van der Waals surface area contributed by atoms with Crippen molar-refractivity contribution < 1.29 is 24.9 Å². The van der Waals surface area contributed by atoms with Crippen LogP contribution in [-0.4, -0.2) is 27.9 Å². The number of hydrogen-bond acceptors (Lipinski definition) is 6. The minimum Gasteiger partial charge on any atom is -0.504 e. The number of rotatable bonds is 4. The van der Waals surface area contributed by atoms with Crippen LogP contribution in [0.5, 0.6) is 17.2 Å². The largest absolute Gasteiger partial charge is 0.504 e. The number of esters is 1. The first-order valence-electron chi connectivity index (χ1n) is 6.95. The molecular weight excluding hydrogens is 324 g/mol. The predicted molar refractivity (Wildman–Crippen MR) is 85.4 cm³/mol. The number of halogens is 1. The third-order valence-electron chi connectivity index (χ3n) is 3.29. The highest BCUT2D eigenvalue weighted by Gasteiger charge is 2.18. The molecule has 2 aromatic carbocycles. The van der Waals surface area contributed by atoms with E-state index in [0.29, 0.717) is 6.42 Å². The molecule has 0 spiro atoms. The van der Waals surface area contributed by atoms with Gasteiger partial charge in [0.15, 0.2) is 17.2 Å². The monoisotopic (exact) mass is 338 g/mol. The predicted octanol–water partition coefficient (Wildman–Crippen LogP) is 2.93. The number of carbonyl (C=O) groups excluding carboxylic acids is 1. The molecule has 0 bridgehead atoms. The van der Waals surface area contributed by atoms with E-state index in [2.05, 4.69) is 0 Å². The minimum absolute atomic E-state index is 0.0856. The van der Waals surface area contributed by atoms with Gasteiger partial charge in [-0.2, -0.15) is 0 Å². The van der Waals surface area contributed by atoms with E-state index in [1.54, 1.807) is 0 Å². The first kappa shape index (κ1) is 16.9. The molecule has 0 unspecified atom stereocenters. The third-order valence-corrected chi connectivity index (χ3v) is 3.58. The molecule has 0 heterocycles. The van der Waals surface area contributed by atoms with Crippen molar-refractivity contribution in [2.45, 2.75) is 19.8 Å². The topological polar surface area (TPSA) is 104 Å². The highest BCUT2D eigenvalue weighted by atomic mass is 35.5. The summed E-state index contributed by atoms with van der Waals surface area (Å²) >= 11 is 5.78. The fourth-order valence-electron chi connectivity index (χ4n) is 2.06. The Balaban J connectivity index is 2.67. The zero-order valence-corrected chi connectivity index (χ0v) is 13.1. The number of unbranched alkanes of at least 4 members (excludes halogenated alkanes) is 1. The number of carbonyl (C=O) groups is 1. The fraction of sp³-hybridized carbons (Fsp3) is 0.250. The van der Waals surface area contributed by atoms with Crippen molar-refractivity contribution in [3.63, 3.8) is 0 Å². The van der Waals surface area contributed by atoms with E-state index >= 15 is 0 Å². The van der Waals surface area contributed by atoms with Gasteiger partial charge in [0.05, 0.1) is 22.6 Å². The number of benzene rings is 1. The quantitative estimate of drug-likeness (QED) is 0.450. The first-order valence-corrected chi connectivity index (χ1v) is 7.33. The molecule has 0 saturated heterocycles. The van der Waals surface area contributed by atoms with Gasteiger partial charge in [0.25, 0.3) is 0 Å². The molecule has 0 aromatic heterocycles. The summed E-state index contributed by atoms with van der Waals surface area (Å²) in [5.74, 6) is -2.91. The van der Waals surface area contributed by atoms with Crippen LogP contribution in [-0.2, 0) is 4.74 Å². The van der Waals surface area contributed by atoms with Gasteiger partial charge in [0.1, 0.15) is 0 Å². The SMILES string of the molecule is CCCCOC(=O)c1cc(=O)c(O)c2c(O)c(O)c(Cl)cc2c1. The van der Waals surface area contributed by atoms with Gasteiger partial charge in [-0.15, -0.1) is 0 Å². The van der Waals surface area contributed by atoms with Crippen molar-refractivity contribution in [2.75, 3.05) is 6.61 Å². The lowest BCUT2D eigenvalue weighted by Crippen LogP contribution is -2.07. The molecule has 6 nitrogen and oxygen atoms in total. The number of aromatic hydroxyl groups is 3. The van der Waals surface area contributed by atoms with E-state index in [1.807, 2.05) is 6.92 Å². The van der Waals surface area contributed by atoms with Crippen molar-refractivity contribution in [1.82, 2.24) is 0 Å². The van der Waals surface area contributed by atoms with Gasteiger partial charge in [0.2, 0.25) is 5.43 Å². The molecule has 0 fully saturated rings.